The maximum atomic E-state index is 12.5. The van der Waals surface area contributed by atoms with Gasteiger partial charge in [-0.25, -0.2) is 4.79 Å². The number of nitrogens with zero attached hydrogens (tertiary/aromatic N) is 1. The minimum Gasteiger partial charge on any atom is -0.495 e. The van der Waals surface area contributed by atoms with Crippen molar-refractivity contribution in [3.05, 3.63) is 63.2 Å². The molecule has 8 heteroatoms. The van der Waals surface area contributed by atoms with Crippen molar-refractivity contribution in [2.24, 2.45) is 0 Å². The average molecular weight is 372 g/mol. The van der Waals surface area contributed by atoms with Gasteiger partial charge in [0.25, 0.3) is 11.6 Å². The molecule has 0 bridgehead atoms. The predicted octanol–water partition coefficient (Wildman–Crippen LogP) is 3.85. The molecular formula is C19H20N2O6. The molecule has 142 valence electrons. The SMILES string of the molecule is COc1cc(C(=O)O)ccc1NC(=O)c1ccc(C(C)(C)C)c([N+](=O)[O-])c1. The van der Waals surface area contributed by atoms with Gasteiger partial charge in [0.1, 0.15) is 5.75 Å². The molecule has 1 amide bonds. The molecule has 0 saturated carbocycles. The number of carboxylic acids is 1. The zero-order valence-electron chi connectivity index (χ0n) is 15.4. The van der Waals surface area contributed by atoms with Crippen LogP contribution in [-0.4, -0.2) is 29.0 Å². The van der Waals surface area contributed by atoms with Crippen LogP contribution in [0.4, 0.5) is 11.4 Å². The van der Waals surface area contributed by atoms with E-state index in [0.717, 1.165) is 0 Å². The van der Waals surface area contributed by atoms with Gasteiger partial charge in [-0.05, 0) is 29.7 Å². The third kappa shape index (κ3) is 4.41. The number of ether oxygens (including phenoxy) is 1. The number of aromatic carboxylic acids is 1. The molecule has 2 aromatic rings. The van der Waals surface area contributed by atoms with Crippen LogP contribution in [0.3, 0.4) is 0 Å². The van der Waals surface area contributed by atoms with Gasteiger partial charge < -0.3 is 15.2 Å². The number of carbonyl (C=O) groups is 2. The summed E-state index contributed by atoms with van der Waals surface area (Å²) in [6, 6.07) is 8.32. The molecule has 2 aromatic carbocycles. The second kappa shape index (κ2) is 7.45. The molecule has 8 nitrogen and oxygen atoms in total. The third-order valence-electron chi connectivity index (χ3n) is 3.96. The molecule has 0 heterocycles. The van der Waals surface area contributed by atoms with Gasteiger partial charge in [0.15, 0.2) is 0 Å². The molecule has 0 saturated heterocycles. The largest absolute Gasteiger partial charge is 0.495 e. The first-order chi connectivity index (χ1) is 12.5. The van der Waals surface area contributed by atoms with Gasteiger partial charge in [-0.3, -0.25) is 14.9 Å². The highest BCUT2D eigenvalue weighted by molar-refractivity contribution is 6.05. The predicted molar refractivity (Wildman–Crippen MR) is 99.7 cm³/mol. The van der Waals surface area contributed by atoms with Crippen molar-refractivity contribution in [3.8, 4) is 5.75 Å². The van der Waals surface area contributed by atoms with Gasteiger partial charge in [0, 0.05) is 17.2 Å². The van der Waals surface area contributed by atoms with Crippen LogP contribution in [0.5, 0.6) is 5.75 Å². The fourth-order valence-corrected chi connectivity index (χ4v) is 2.58. The zero-order chi connectivity index (χ0) is 20.4. The number of hydrogen-bond donors (Lipinski definition) is 2. The number of carbonyl (C=O) groups excluding carboxylic acids is 1. The second-order valence-corrected chi connectivity index (χ2v) is 6.91. The molecular weight excluding hydrogens is 352 g/mol. The molecule has 0 fully saturated rings. The smallest absolute Gasteiger partial charge is 0.335 e. The molecule has 0 radical (unpaired) electrons. The highest BCUT2D eigenvalue weighted by atomic mass is 16.6. The summed E-state index contributed by atoms with van der Waals surface area (Å²) in [4.78, 5) is 34.5. The molecule has 2 rings (SSSR count). The molecule has 0 unspecified atom stereocenters. The second-order valence-electron chi connectivity index (χ2n) is 6.91. The van der Waals surface area contributed by atoms with E-state index >= 15 is 0 Å². The van der Waals surface area contributed by atoms with Crippen LogP contribution in [0.15, 0.2) is 36.4 Å². The summed E-state index contributed by atoms with van der Waals surface area (Å²) >= 11 is 0. The van der Waals surface area contributed by atoms with Crippen molar-refractivity contribution in [1.29, 1.82) is 0 Å². The van der Waals surface area contributed by atoms with Crippen LogP contribution in [0.2, 0.25) is 0 Å². The number of nitro groups is 1. The fraction of sp³-hybridized carbons (Fsp3) is 0.263. The number of carboxylic acid groups (broad SMARTS) is 1. The van der Waals surface area contributed by atoms with Crippen molar-refractivity contribution in [3.63, 3.8) is 0 Å². The number of anilines is 1. The Hall–Kier alpha value is -3.42. The number of rotatable bonds is 5. The standard InChI is InChI=1S/C19H20N2O6/c1-19(2,3)13-7-5-11(9-15(13)21(25)26)17(22)20-14-8-6-12(18(23)24)10-16(14)27-4/h5-10H,1-4H3,(H,20,22)(H,23,24). The van der Waals surface area contributed by atoms with Crippen molar-refractivity contribution < 1.29 is 24.4 Å². The number of nitro benzene ring substituents is 1. The number of amides is 1. The maximum absolute atomic E-state index is 12.5. The van der Waals surface area contributed by atoms with Crippen LogP contribution in [0.25, 0.3) is 0 Å². The van der Waals surface area contributed by atoms with E-state index in [2.05, 4.69) is 5.32 Å². The maximum Gasteiger partial charge on any atom is 0.335 e. The van der Waals surface area contributed by atoms with Gasteiger partial charge in [-0.2, -0.15) is 0 Å². The number of benzene rings is 2. The summed E-state index contributed by atoms with van der Waals surface area (Å²) in [7, 11) is 1.35. The summed E-state index contributed by atoms with van der Waals surface area (Å²) in [5, 5.41) is 23.0. The zero-order valence-corrected chi connectivity index (χ0v) is 15.4. The molecule has 0 aliphatic rings. The average Bonchev–Trinajstić information content (AvgIpc) is 2.60. The Labute approximate surface area is 155 Å². The van der Waals surface area contributed by atoms with E-state index in [9.17, 15) is 19.7 Å². The van der Waals surface area contributed by atoms with E-state index in [1.165, 1.54) is 37.4 Å². The Morgan fingerprint density at radius 2 is 1.74 bits per heavy atom. The van der Waals surface area contributed by atoms with Crippen molar-refractivity contribution in [1.82, 2.24) is 0 Å². The Balaban J connectivity index is 2.38. The molecule has 0 aromatic heterocycles. The normalized spacial score (nSPS) is 11.0. The lowest BCUT2D eigenvalue weighted by molar-refractivity contribution is -0.386. The van der Waals surface area contributed by atoms with Gasteiger partial charge in [0.2, 0.25) is 0 Å². The van der Waals surface area contributed by atoms with E-state index < -0.39 is 22.2 Å². The third-order valence-corrected chi connectivity index (χ3v) is 3.96. The van der Waals surface area contributed by atoms with E-state index in [4.69, 9.17) is 9.84 Å². The van der Waals surface area contributed by atoms with Crippen LogP contribution < -0.4 is 10.1 Å². The summed E-state index contributed by atoms with van der Waals surface area (Å²) in [5.74, 6) is -1.52. The number of nitrogens with one attached hydrogen (secondary N) is 1. The molecule has 27 heavy (non-hydrogen) atoms. The van der Waals surface area contributed by atoms with Gasteiger partial charge >= 0.3 is 5.97 Å². The Morgan fingerprint density at radius 1 is 1.11 bits per heavy atom. The van der Waals surface area contributed by atoms with Crippen LogP contribution in [0, 0.1) is 10.1 Å². The number of methoxy groups -OCH3 is 1. The Morgan fingerprint density at radius 3 is 2.26 bits per heavy atom. The quantitative estimate of drug-likeness (QED) is 0.608. The number of hydrogen-bond acceptors (Lipinski definition) is 5. The van der Waals surface area contributed by atoms with Gasteiger partial charge in [-0.1, -0.05) is 26.8 Å². The fourth-order valence-electron chi connectivity index (χ4n) is 2.58. The van der Waals surface area contributed by atoms with Crippen molar-refractivity contribution in [2.45, 2.75) is 26.2 Å². The highest BCUT2D eigenvalue weighted by Crippen LogP contribution is 2.32. The first-order valence-electron chi connectivity index (χ1n) is 8.06. The summed E-state index contributed by atoms with van der Waals surface area (Å²) in [5.41, 5.74) is 0.313. The molecule has 0 atom stereocenters. The van der Waals surface area contributed by atoms with Crippen LogP contribution in [-0.2, 0) is 5.41 Å². The lowest BCUT2D eigenvalue weighted by atomic mass is 9.85. The Bertz CT molecular complexity index is 915. The lowest BCUT2D eigenvalue weighted by Crippen LogP contribution is -2.17. The Kier molecular flexibility index (Phi) is 5.49. The summed E-state index contributed by atoms with van der Waals surface area (Å²) in [6.45, 7) is 5.55. The topological polar surface area (TPSA) is 119 Å². The van der Waals surface area contributed by atoms with E-state index in [1.54, 1.807) is 6.07 Å². The highest BCUT2D eigenvalue weighted by Gasteiger charge is 2.26. The minimum atomic E-state index is -1.13. The van der Waals surface area contributed by atoms with Gasteiger partial charge in [0.05, 0.1) is 23.3 Å². The first-order valence-corrected chi connectivity index (χ1v) is 8.06. The van der Waals surface area contributed by atoms with E-state index in [1.807, 2.05) is 20.8 Å². The molecule has 0 aliphatic carbocycles. The summed E-state index contributed by atoms with van der Waals surface area (Å²) < 4.78 is 5.11. The van der Waals surface area contributed by atoms with Gasteiger partial charge in [-0.15, -0.1) is 0 Å². The minimum absolute atomic E-state index is 0.00927. The van der Waals surface area contributed by atoms with E-state index in [-0.39, 0.29) is 28.3 Å². The molecule has 0 spiro atoms. The van der Waals surface area contributed by atoms with E-state index in [0.29, 0.717) is 5.56 Å². The first kappa shape index (κ1) is 19.9. The molecule has 2 N–H and O–H groups in total. The molecule has 0 aliphatic heterocycles. The van der Waals surface area contributed by atoms with Crippen molar-refractivity contribution >= 4 is 23.3 Å². The monoisotopic (exact) mass is 372 g/mol. The van der Waals surface area contributed by atoms with Crippen molar-refractivity contribution in [2.75, 3.05) is 12.4 Å². The summed E-state index contributed by atoms with van der Waals surface area (Å²) in [6.07, 6.45) is 0. The lowest BCUT2D eigenvalue weighted by Gasteiger charge is -2.19. The van der Waals surface area contributed by atoms with Crippen LogP contribution in [0.1, 0.15) is 47.1 Å². The van der Waals surface area contributed by atoms with Crippen LogP contribution >= 0.6 is 0 Å².